The highest BCUT2D eigenvalue weighted by Crippen LogP contribution is 2.16. The van der Waals surface area contributed by atoms with Crippen LogP contribution in [0.4, 0.5) is 5.69 Å². The van der Waals surface area contributed by atoms with Crippen LogP contribution in [0.1, 0.15) is 17.5 Å². The molecule has 18 heavy (non-hydrogen) atoms. The first kappa shape index (κ1) is 14.9. The van der Waals surface area contributed by atoms with E-state index in [2.05, 4.69) is 4.72 Å². The Bertz CT molecular complexity index is 500. The van der Waals surface area contributed by atoms with Gasteiger partial charge in [0.15, 0.2) is 0 Å². The van der Waals surface area contributed by atoms with Gasteiger partial charge >= 0.3 is 10.2 Å². The molecule has 0 atom stereocenters. The number of hydrogen-bond acceptors (Lipinski definition) is 3. The summed E-state index contributed by atoms with van der Waals surface area (Å²) in [7, 11) is -2.06. The molecule has 0 aromatic heterocycles. The molecule has 0 aliphatic carbocycles. The van der Waals surface area contributed by atoms with Crippen molar-refractivity contribution in [1.82, 2.24) is 4.31 Å². The SMILES string of the molecule is Cc1ccc(NS(=O)(=O)N(C)CCCO)cc1C. The van der Waals surface area contributed by atoms with Gasteiger partial charge in [-0.3, -0.25) is 4.72 Å². The number of aryl methyl sites for hydroxylation is 2. The van der Waals surface area contributed by atoms with Crippen molar-refractivity contribution in [2.75, 3.05) is 24.9 Å². The van der Waals surface area contributed by atoms with Crippen molar-refractivity contribution in [1.29, 1.82) is 0 Å². The van der Waals surface area contributed by atoms with Crippen LogP contribution in [0.25, 0.3) is 0 Å². The number of hydrogen-bond donors (Lipinski definition) is 2. The van der Waals surface area contributed by atoms with Crippen LogP contribution in [0.3, 0.4) is 0 Å². The van der Waals surface area contributed by atoms with Crippen molar-refractivity contribution in [2.45, 2.75) is 20.3 Å². The first-order valence-electron chi connectivity index (χ1n) is 5.79. The Morgan fingerprint density at radius 2 is 1.94 bits per heavy atom. The van der Waals surface area contributed by atoms with Crippen LogP contribution in [-0.2, 0) is 10.2 Å². The Hall–Kier alpha value is -1.11. The van der Waals surface area contributed by atoms with E-state index in [9.17, 15) is 8.42 Å². The van der Waals surface area contributed by atoms with Crippen LogP contribution in [0.2, 0.25) is 0 Å². The van der Waals surface area contributed by atoms with Gasteiger partial charge in [-0.1, -0.05) is 6.07 Å². The van der Waals surface area contributed by atoms with E-state index in [1.807, 2.05) is 19.9 Å². The average Bonchev–Trinajstić information content (AvgIpc) is 2.30. The van der Waals surface area contributed by atoms with Gasteiger partial charge in [-0.25, -0.2) is 0 Å². The summed E-state index contributed by atoms with van der Waals surface area (Å²) >= 11 is 0. The molecule has 1 rings (SSSR count). The average molecular weight is 272 g/mol. The summed E-state index contributed by atoms with van der Waals surface area (Å²) in [4.78, 5) is 0. The Morgan fingerprint density at radius 1 is 1.28 bits per heavy atom. The van der Waals surface area contributed by atoms with Gasteiger partial charge in [-0.15, -0.1) is 0 Å². The summed E-state index contributed by atoms with van der Waals surface area (Å²) in [5.74, 6) is 0. The van der Waals surface area contributed by atoms with Crippen molar-refractivity contribution < 1.29 is 13.5 Å². The van der Waals surface area contributed by atoms with E-state index < -0.39 is 10.2 Å². The van der Waals surface area contributed by atoms with Crippen LogP contribution >= 0.6 is 0 Å². The van der Waals surface area contributed by atoms with Crippen LogP contribution in [0, 0.1) is 13.8 Å². The van der Waals surface area contributed by atoms with Gasteiger partial charge in [0.1, 0.15) is 0 Å². The maximum Gasteiger partial charge on any atom is 0.301 e. The smallest absolute Gasteiger partial charge is 0.301 e. The molecule has 0 saturated heterocycles. The maximum atomic E-state index is 11.9. The summed E-state index contributed by atoms with van der Waals surface area (Å²) < 4.78 is 27.6. The van der Waals surface area contributed by atoms with Gasteiger partial charge in [0, 0.05) is 20.2 Å². The molecule has 0 radical (unpaired) electrons. The summed E-state index contributed by atoms with van der Waals surface area (Å²) in [5.41, 5.74) is 2.70. The second-order valence-electron chi connectivity index (χ2n) is 4.30. The molecule has 0 saturated carbocycles. The van der Waals surface area contributed by atoms with Gasteiger partial charge in [0.25, 0.3) is 0 Å². The quantitative estimate of drug-likeness (QED) is 0.819. The van der Waals surface area contributed by atoms with Crippen molar-refractivity contribution >= 4 is 15.9 Å². The minimum absolute atomic E-state index is 0.0243. The predicted molar refractivity (Wildman–Crippen MR) is 72.8 cm³/mol. The van der Waals surface area contributed by atoms with E-state index in [0.29, 0.717) is 12.1 Å². The third-order valence-corrected chi connectivity index (χ3v) is 4.29. The maximum absolute atomic E-state index is 11.9. The second kappa shape index (κ2) is 6.17. The molecule has 0 fully saturated rings. The molecule has 0 aliphatic heterocycles. The third kappa shape index (κ3) is 3.97. The summed E-state index contributed by atoms with van der Waals surface area (Å²) in [6.45, 7) is 4.17. The summed E-state index contributed by atoms with van der Waals surface area (Å²) in [5, 5.41) is 8.70. The highest BCUT2D eigenvalue weighted by Gasteiger charge is 2.16. The highest BCUT2D eigenvalue weighted by atomic mass is 32.2. The zero-order valence-electron chi connectivity index (χ0n) is 11.0. The van der Waals surface area contributed by atoms with Gasteiger partial charge in [-0.2, -0.15) is 12.7 Å². The molecule has 0 bridgehead atoms. The lowest BCUT2D eigenvalue weighted by Crippen LogP contribution is -2.33. The Balaban J connectivity index is 2.78. The lowest BCUT2D eigenvalue weighted by atomic mass is 10.1. The topological polar surface area (TPSA) is 69.6 Å². The number of benzene rings is 1. The van der Waals surface area contributed by atoms with E-state index in [4.69, 9.17) is 5.11 Å². The van der Waals surface area contributed by atoms with Gasteiger partial charge < -0.3 is 5.11 Å². The molecule has 0 spiro atoms. The summed E-state index contributed by atoms with van der Waals surface area (Å²) in [6.07, 6.45) is 0.421. The minimum Gasteiger partial charge on any atom is -0.396 e. The van der Waals surface area contributed by atoms with E-state index in [1.54, 1.807) is 12.1 Å². The number of nitrogens with one attached hydrogen (secondary N) is 1. The zero-order chi connectivity index (χ0) is 13.8. The van der Waals surface area contributed by atoms with Crippen molar-refractivity contribution in [3.63, 3.8) is 0 Å². The van der Waals surface area contributed by atoms with E-state index in [-0.39, 0.29) is 13.2 Å². The van der Waals surface area contributed by atoms with Gasteiger partial charge in [-0.05, 0) is 43.5 Å². The van der Waals surface area contributed by atoms with Crippen LogP contribution in [0.15, 0.2) is 18.2 Å². The molecule has 2 N–H and O–H groups in total. The Kier molecular flexibility index (Phi) is 5.13. The van der Waals surface area contributed by atoms with E-state index >= 15 is 0 Å². The normalized spacial score (nSPS) is 11.8. The zero-order valence-corrected chi connectivity index (χ0v) is 11.8. The van der Waals surface area contributed by atoms with Crippen molar-refractivity contribution in [3.8, 4) is 0 Å². The Labute approximate surface area is 109 Å². The number of aliphatic hydroxyl groups is 1. The van der Waals surface area contributed by atoms with Gasteiger partial charge in [0.2, 0.25) is 0 Å². The number of nitrogens with zero attached hydrogens (tertiary/aromatic N) is 1. The monoisotopic (exact) mass is 272 g/mol. The van der Waals surface area contributed by atoms with Gasteiger partial charge in [0.05, 0.1) is 5.69 Å². The first-order valence-corrected chi connectivity index (χ1v) is 7.23. The molecule has 5 nitrogen and oxygen atoms in total. The number of anilines is 1. The molecule has 1 aromatic carbocycles. The van der Waals surface area contributed by atoms with Crippen molar-refractivity contribution in [3.05, 3.63) is 29.3 Å². The van der Waals surface area contributed by atoms with Crippen LogP contribution < -0.4 is 4.72 Å². The molecule has 6 heteroatoms. The molecule has 0 unspecified atom stereocenters. The lowest BCUT2D eigenvalue weighted by Gasteiger charge is -2.18. The van der Waals surface area contributed by atoms with Crippen LogP contribution in [-0.4, -0.2) is 38.0 Å². The third-order valence-electron chi connectivity index (χ3n) is 2.80. The fourth-order valence-electron chi connectivity index (χ4n) is 1.45. The fraction of sp³-hybridized carbons (Fsp3) is 0.500. The standard InChI is InChI=1S/C12H20N2O3S/c1-10-5-6-12(9-11(10)2)13-18(16,17)14(3)7-4-8-15/h5-6,9,13,15H,4,7-8H2,1-3H3. The fourth-order valence-corrected chi connectivity index (χ4v) is 2.40. The second-order valence-corrected chi connectivity index (χ2v) is 6.08. The molecule has 0 amide bonds. The van der Waals surface area contributed by atoms with E-state index in [0.717, 1.165) is 11.1 Å². The molecular formula is C12H20N2O3S. The largest absolute Gasteiger partial charge is 0.396 e. The first-order chi connectivity index (χ1) is 8.36. The van der Waals surface area contributed by atoms with Crippen molar-refractivity contribution in [2.24, 2.45) is 0 Å². The van der Waals surface area contributed by atoms with E-state index in [1.165, 1.54) is 11.4 Å². The molecule has 0 aliphatic rings. The Morgan fingerprint density at radius 3 is 2.50 bits per heavy atom. The predicted octanol–water partition coefficient (Wildman–Crippen LogP) is 1.27. The molecule has 102 valence electrons. The summed E-state index contributed by atoms with van der Waals surface area (Å²) in [6, 6.07) is 5.41. The number of rotatable bonds is 6. The lowest BCUT2D eigenvalue weighted by molar-refractivity contribution is 0.276. The van der Waals surface area contributed by atoms with Crippen LogP contribution in [0.5, 0.6) is 0 Å². The number of aliphatic hydroxyl groups excluding tert-OH is 1. The molecular weight excluding hydrogens is 252 g/mol. The highest BCUT2D eigenvalue weighted by molar-refractivity contribution is 7.90. The molecule has 0 heterocycles. The molecule has 1 aromatic rings. The minimum atomic E-state index is -3.54.